The molecule has 0 unspecified atom stereocenters. The molecule has 2 aromatic carbocycles. The smallest absolute Gasteiger partial charge is 0.287 e. The number of nitrogens with zero attached hydrogens (tertiary/aromatic N) is 2. The molecule has 4 rings (SSSR count). The Kier molecular flexibility index (Phi) is 6.08. The van der Waals surface area contributed by atoms with Crippen LogP contribution in [0, 0.1) is 6.92 Å². The number of anilines is 1. The van der Waals surface area contributed by atoms with E-state index in [1.807, 2.05) is 48.2 Å². The van der Waals surface area contributed by atoms with Crippen molar-refractivity contribution < 1.29 is 14.0 Å². The molecule has 0 bridgehead atoms. The van der Waals surface area contributed by atoms with Gasteiger partial charge in [0.05, 0.1) is 0 Å². The number of hydrogen-bond donors (Lipinski definition) is 1. The van der Waals surface area contributed by atoms with Gasteiger partial charge in [-0.3, -0.25) is 9.59 Å². The van der Waals surface area contributed by atoms with E-state index in [0.29, 0.717) is 24.4 Å². The SMILES string of the molecule is Cc1c(C(=O)NCCC(=O)N2CCN(c3ccccc3)CC2)oc2ccc(Br)cc12. The first-order valence-corrected chi connectivity index (χ1v) is 10.9. The van der Waals surface area contributed by atoms with Crippen molar-refractivity contribution in [3.05, 3.63) is 64.3 Å². The molecule has 0 atom stereocenters. The number of fused-ring (bicyclic) bond motifs is 1. The second-order valence-corrected chi connectivity index (χ2v) is 8.32. The first-order chi connectivity index (χ1) is 14.5. The van der Waals surface area contributed by atoms with Gasteiger partial charge in [-0.05, 0) is 37.3 Å². The fourth-order valence-electron chi connectivity index (χ4n) is 3.78. The molecule has 2 amide bonds. The van der Waals surface area contributed by atoms with Gasteiger partial charge in [-0.1, -0.05) is 34.1 Å². The van der Waals surface area contributed by atoms with E-state index in [9.17, 15) is 9.59 Å². The van der Waals surface area contributed by atoms with Gasteiger partial charge in [-0.25, -0.2) is 0 Å². The predicted octanol–water partition coefficient (Wildman–Crippen LogP) is 3.97. The van der Waals surface area contributed by atoms with Crippen molar-refractivity contribution in [3.8, 4) is 0 Å². The molecular weight excluding hydrogens is 446 g/mol. The fourth-order valence-corrected chi connectivity index (χ4v) is 4.15. The molecule has 6 nitrogen and oxygen atoms in total. The summed E-state index contributed by atoms with van der Waals surface area (Å²) in [5, 5.41) is 3.72. The Morgan fingerprint density at radius 3 is 2.53 bits per heavy atom. The highest BCUT2D eigenvalue weighted by atomic mass is 79.9. The summed E-state index contributed by atoms with van der Waals surface area (Å²) in [4.78, 5) is 29.2. The van der Waals surface area contributed by atoms with Crippen LogP contribution in [-0.2, 0) is 4.79 Å². The minimum absolute atomic E-state index is 0.0632. The maximum Gasteiger partial charge on any atom is 0.287 e. The van der Waals surface area contributed by atoms with Gasteiger partial charge in [0, 0.05) is 60.3 Å². The van der Waals surface area contributed by atoms with E-state index in [0.717, 1.165) is 28.5 Å². The summed E-state index contributed by atoms with van der Waals surface area (Å²) in [7, 11) is 0. The Bertz CT molecular complexity index is 1060. The lowest BCUT2D eigenvalue weighted by Gasteiger charge is -2.36. The summed E-state index contributed by atoms with van der Waals surface area (Å²) in [6.07, 6.45) is 0.280. The number of carbonyl (C=O) groups is 2. The molecule has 1 N–H and O–H groups in total. The first kappa shape index (κ1) is 20.5. The topological polar surface area (TPSA) is 65.8 Å². The molecule has 3 aromatic rings. The van der Waals surface area contributed by atoms with Crippen LogP contribution in [0.3, 0.4) is 0 Å². The second-order valence-electron chi connectivity index (χ2n) is 7.41. The van der Waals surface area contributed by atoms with E-state index in [1.54, 1.807) is 0 Å². The molecular formula is C23H24BrN3O3. The highest BCUT2D eigenvalue weighted by molar-refractivity contribution is 9.10. The highest BCUT2D eigenvalue weighted by Crippen LogP contribution is 2.28. The first-order valence-electron chi connectivity index (χ1n) is 10.1. The van der Waals surface area contributed by atoms with Gasteiger partial charge in [-0.15, -0.1) is 0 Å². The zero-order chi connectivity index (χ0) is 21.1. The lowest BCUT2D eigenvalue weighted by atomic mass is 10.1. The quantitative estimate of drug-likeness (QED) is 0.613. The van der Waals surface area contributed by atoms with E-state index in [-0.39, 0.29) is 24.8 Å². The van der Waals surface area contributed by atoms with Crippen molar-refractivity contribution in [1.29, 1.82) is 0 Å². The Balaban J connectivity index is 1.27. The molecule has 1 fully saturated rings. The molecule has 1 aliphatic rings. The third-order valence-corrected chi connectivity index (χ3v) is 5.98. The van der Waals surface area contributed by atoms with Crippen LogP contribution in [-0.4, -0.2) is 49.4 Å². The minimum atomic E-state index is -0.290. The number of amides is 2. The number of carbonyl (C=O) groups excluding carboxylic acids is 2. The lowest BCUT2D eigenvalue weighted by molar-refractivity contribution is -0.131. The van der Waals surface area contributed by atoms with E-state index >= 15 is 0 Å². The van der Waals surface area contributed by atoms with Gasteiger partial charge in [0.2, 0.25) is 5.91 Å². The Morgan fingerprint density at radius 1 is 1.07 bits per heavy atom. The van der Waals surface area contributed by atoms with Crippen LogP contribution in [0.5, 0.6) is 0 Å². The highest BCUT2D eigenvalue weighted by Gasteiger charge is 2.22. The zero-order valence-electron chi connectivity index (χ0n) is 16.9. The average Bonchev–Trinajstić information content (AvgIpc) is 3.10. The van der Waals surface area contributed by atoms with E-state index < -0.39 is 0 Å². The van der Waals surface area contributed by atoms with Gasteiger partial charge in [0.25, 0.3) is 5.91 Å². The summed E-state index contributed by atoms with van der Waals surface area (Å²) < 4.78 is 6.64. The molecule has 2 heterocycles. The van der Waals surface area contributed by atoms with Crippen LogP contribution in [0.2, 0.25) is 0 Å². The standard InChI is InChI=1S/C23H24BrN3O3/c1-16-19-15-17(24)7-8-20(19)30-22(16)23(29)25-10-9-21(28)27-13-11-26(12-14-27)18-5-3-2-4-6-18/h2-8,15H,9-14H2,1H3,(H,25,29). The van der Waals surface area contributed by atoms with Crippen LogP contribution >= 0.6 is 15.9 Å². The average molecular weight is 470 g/mol. The number of para-hydroxylation sites is 1. The number of nitrogens with one attached hydrogen (secondary N) is 1. The predicted molar refractivity (Wildman–Crippen MR) is 121 cm³/mol. The van der Waals surface area contributed by atoms with Crippen molar-refractivity contribution >= 4 is 44.4 Å². The lowest BCUT2D eigenvalue weighted by Crippen LogP contribution is -2.49. The maximum atomic E-state index is 12.5. The van der Waals surface area contributed by atoms with Crippen LogP contribution in [0.1, 0.15) is 22.5 Å². The van der Waals surface area contributed by atoms with Crippen LogP contribution in [0.4, 0.5) is 5.69 Å². The molecule has 1 aliphatic heterocycles. The van der Waals surface area contributed by atoms with Crippen molar-refractivity contribution in [3.63, 3.8) is 0 Å². The number of hydrogen-bond acceptors (Lipinski definition) is 4. The molecule has 0 spiro atoms. The largest absolute Gasteiger partial charge is 0.451 e. The van der Waals surface area contributed by atoms with Gasteiger partial charge in [0.15, 0.2) is 5.76 Å². The summed E-state index contributed by atoms with van der Waals surface area (Å²) in [6, 6.07) is 15.9. The molecule has 0 aliphatic carbocycles. The summed E-state index contributed by atoms with van der Waals surface area (Å²) in [6.45, 7) is 5.17. The van der Waals surface area contributed by atoms with E-state index in [4.69, 9.17) is 4.42 Å². The van der Waals surface area contributed by atoms with Crippen molar-refractivity contribution in [2.24, 2.45) is 0 Å². The van der Waals surface area contributed by atoms with E-state index in [2.05, 4.69) is 38.3 Å². The summed E-state index contributed by atoms with van der Waals surface area (Å²) in [5.74, 6) is 0.0711. The maximum absolute atomic E-state index is 12.5. The zero-order valence-corrected chi connectivity index (χ0v) is 18.4. The van der Waals surface area contributed by atoms with Crippen LogP contribution in [0.25, 0.3) is 11.0 Å². The molecule has 1 saturated heterocycles. The number of aryl methyl sites for hydroxylation is 1. The van der Waals surface area contributed by atoms with Crippen molar-refractivity contribution in [2.75, 3.05) is 37.6 Å². The van der Waals surface area contributed by atoms with Crippen LogP contribution in [0.15, 0.2) is 57.4 Å². The van der Waals surface area contributed by atoms with Gasteiger partial charge in [0.1, 0.15) is 5.58 Å². The number of halogens is 1. The molecule has 1 aromatic heterocycles. The molecule has 156 valence electrons. The number of furan rings is 1. The number of benzene rings is 2. The number of rotatable bonds is 5. The minimum Gasteiger partial charge on any atom is -0.451 e. The van der Waals surface area contributed by atoms with Gasteiger partial charge in [-0.2, -0.15) is 0 Å². The van der Waals surface area contributed by atoms with Crippen molar-refractivity contribution in [2.45, 2.75) is 13.3 Å². The normalized spacial score (nSPS) is 14.2. The van der Waals surface area contributed by atoms with Gasteiger partial charge < -0.3 is 19.5 Å². The molecule has 0 radical (unpaired) electrons. The monoisotopic (exact) mass is 469 g/mol. The van der Waals surface area contributed by atoms with Gasteiger partial charge >= 0.3 is 0 Å². The molecule has 30 heavy (non-hydrogen) atoms. The molecule has 7 heteroatoms. The number of piperazine rings is 1. The summed E-state index contributed by atoms with van der Waals surface area (Å²) in [5.41, 5.74) is 2.66. The Hall–Kier alpha value is -2.80. The third kappa shape index (κ3) is 4.36. The Morgan fingerprint density at radius 2 is 1.80 bits per heavy atom. The molecule has 0 saturated carbocycles. The fraction of sp³-hybridized carbons (Fsp3) is 0.304. The summed E-state index contributed by atoms with van der Waals surface area (Å²) >= 11 is 3.44. The van der Waals surface area contributed by atoms with E-state index in [1.165, 1.54) is 5.69 Å². The Labute approximate surface area is 184 Å². The van der Waals surface area contributed by atoms with Crippen LogP contribution < -0.4 is 10.2 Å². The van der Waals surface area contributed by atoms with Crippen molar-refractivity contribution in [1.82, 2.24) is 10.2 Å². The second kappa shape index (κ2) is 8.92. The third-order valence-electron chi connectivity index (χ3n) is 5.48.